The minimum Gasteiger partial charge on any atom is -0.462 e. The van der Waals surface area contributed by atoms with E-state index in [9.17, 15) is 14.7 Å². The van der Waals surface area contributed by atoms with Crippen molar-refractivity contribution in [1.29, 1.82) is 0 Å². The topological polar surface area (TPSA) is 72.8 Å². The molecule has 0 rings (SSSR count). The molecule has 0 saturated carbocycles. The van der Waals surface area contributed by atoms with Crippen molar-refractivity contribution in [2.24, 2.45) is 0 Å². The average Bonchev–Trinajstić information content (AvgIpc) is 3.19. The smallest absolute Gasteiger partial charge is 0.306 e. The number of rotatable bonds is 43. The van der Waals surface area contributed by atoms with E-state index < -0.39 is 6.10 Å². The molecule has 55 heavy (non-hydrogen) atoms. The first-order chi connectivity index (χ1) is 27.1. The van der Waals surface area contributed by atoms with Crippen LogP contribution in [0.25, 0.3) is 0 Å². The third kappa shape index (κ3) is 44.4. The molecule has 5 nitrogen and oxygen atoms in total. The van der Waals surface area contributed by atoms with Crippen molar-refractivity contribution in [3.8, 4) is 0 Å². The quantitative estimate of drug-likeness (QED) is 0.0380. The van der Waals surface area contributed by atoms with Gasteiger partial charge in [-0.2, -0.15) is 0 Å². The van der Waals surface area contributed by atoms with Gasteiger partial charge in [-0.25, -0.2) is 0 Å². The Morgan fingerprint density at radius 3 is 1.11 bits per heavy atom. The van der Waals surface area contributed by atoms with E-state index in [1.165, 1.54) is 154 Å². The number of hydrogen-bond donors (Lipinski definition) is 1. The summed E-state index contributed by atoms with van der Waals surface area (Å²) < 4.78 is 10.6. The molecule has 0 spiro atoms. The van der Waals surface area contributed by atoms with Crippen LogP contribution in [0.15, 0.2) is 48.6 Å². The lowest BCUT2D eigenvalue weighted by atomic mass is 10.0. The Bertz CT molecular complexity index is 919. The Morgan fingerprint density at radius 2 is 0.727 bits per heavy atom. The minimum absolute atomic E-state index is 0.0712. The minimum atomic E-state index is -0.777. The van der Waals surface area contributed by atoms with Gasteiger partial charge in [0.05, 0.1) is 6.61 Å². The first-order valence-electron chi connectivity index (χ1n) is 23.7. The summed E-state index contributed by atoms with van der Waals surface area (Å²) in [5, 5.41) is 9.60. The number of unbranched alkanes of at least 4 members (excludes halogenated alkanes) is 27. The average molecular weight is 771 g/mol. The van der Waals surface area contributed by atoms with Crippen molar-refractivity contribution in [3.63, 3.8) is 0 Å². The maximum Gasteiger partial charge on any atom is 0.306 e. The molecule has 0 aliphatic rings. The van der Waals surface area contributed by atoms with Crippen LogP contribution in [-0.2, 0) is 19.1 Å². The molecule has 0 saturated heterocycles. The predicted octanol–water partition coefficient (Wildman–Crippen LogP) is 15.4. The largest absolute Gasteiger partial charge is 0.462 e. The summed E-state index contributed by atoms with van der Waals surface area (Å²) >= 11 is 0. The van der Waals surface area contributed by atoms with Gasteiger partial charge < -0.3 is 14.6 Å². The highest BCUT2D eigenvalue weighted by Gasteiger charge is 2.16. The molecule has 0 bridgehead atoms. The van der Waals surface area contributed by atoms with Gasteiger partial charge in [0.2, 0.25) is 0 Å². The number of aliphatic hydroxyl groups excluding tert-OH is 1. The molecule has 0 aromatic heterocycles. The molecule has 1 N–H and O–H groups in total. The predicted molar refractivity (Wildman–Crippen MR) is 237 cm³/mol. The molecule has 0 aliphatic carbocycles. The van der Waals surface area contributed by atoms with Gasteiger partial charge in [0.15, 0.2) is 6.10 Å². The second kappa shape index (κ2) is 46.2. The van der Waals surface area contributed by atoms with Crippen molar-refractivity contribution >= 4 is 11.9 Å². The molecule has 0 radical (unpaired) electrons. The standard InChI is InChI=1S/C50H90O5/c1-3-5-7-9-11-13-15-17-19-21-22-23-24-25-26-27-28-29-31-33-35-37-39-41-43-45-50(53)55-48(46-51)47-54-49(52)44-42-40-38-36-34-32-30-20-18-16-14-12-10-8-6-4-2/h15,17,20-22,24-25,30,48,51H,3-14,16,18-19,23,26-29,31-47H2,1-2H3/b17-15-,22-21-,25-24-,30-20-. The number of allylic oxidation sites excluding steroid dienone is 8. The van der Waals surface area contributed by atoms with Crippen LogP contribution >= 0.6 is 0 Å². The number of ether oxygens (including phenoxy) is 2. The molecular weight excluding hydrogens is 681 g/mol. The molecule has 0 heterocycles. The number of aliphatic hydroxyl groups is 1. The Morgan fingerprint density at radius 1 is 0.418 bits per heavy atom. The van der Waals surface area contributed by atoms with Crippen molar-refractivity contribution in [3.05, 3.63) is 48.6 Å². The van der Waals surface area contributed by atoms with Gasteiger partial charge in [0.25, 0.3) is 0 Å². The maximum absolute atomic E-state index is 12.2. The first-order valence-corrected chi connectivity index (χ1v) is 23.7. The summed E-state index contributed by atoms with van der Waals surface area (Å²) in [6.45, 7) is 4.13. The fraction of sp³-hybridized carbons (Fsp3) is 0.800. The van der Waals surface area contributed by atoms with Crippen LogP contribution in [0.3, 0.4) is 0 Å². The number of esters is 2. The fourth-order valence-corrected chi connectivity index (χ4v) is 6.73. The SMILES string of the molecule is CCCCCCC/C=C\C/C=C\C/C=C\CCCCCCCCCCCCC(=O)OC(CO)COC(=O)CCCCCCC/C=C\CCCCCCCCC. The summed E-state index contributed by atoms with van der Waals surface area (Å²) in [4.78, 5) is 24.4. The monoisotopic (exact) mass is 771 g/mol. The van der Waals surface area contributed by atoms with Gasteiger partial charge in [0.1, 0.15) is 6.61 Å². The number of hydrogen-bond acceptors (Lipinski definition) is 5. The van der Waals surface area contributed by atoms with Crippen molar-refractivity contribution in [1.82, 2.24) is 0 Å². The molecule has 0 aromatic rings. The molecule has 0 aromatic carbocycles. The molecular formula is C50H90O5. The molecule has 1 atom stereocenters. The lowest BCUT2D eigenvalue weighted by molar-refractivity contribution is -0.161. The second-order valence-corrected chi connectivity index (χ2v) is 15.8. The van der Waals surface area contributed by atoms with Crippen LogP contribution in [0.2, 0.25) is 0 Å². The fourth-order valence-electron chi connectivity index (χ4n) is 6.73. The molecule has 0 aliphatic heterocycles. The number of carbonyl (C=O) groups is 2. The molecule has 1 unspecified atom stereocenters. The van der Waals surface area contributed by atoms with Gasteiger partial charge in [-0.3, -0.25) is 9.59 Å². The van der Waals surface area contributed by atoms with Crippen molar-refractivity contribution in [2.45, 2.75) is 245 Å². The van der Waals surface area contributed by atoms with Crippen LogP contribution in [0.4, 0.5) is 0 Å². The normalized spacial score (nSPS) is 12.6. The Kier molecular flexibility index (Phi) is 44.4. The van der Waals surface area contributed by atoms with Crippen LogP contribution in [-0.4, -0.2) is 36.4 Å². The summed E-state index contributed by atoms with van der Waals surface area (Å²) in [6, 6.07) is 0. The molecule has 320 valence electrons. The van der Waals surface area contributed by atoms with Crippen molar-refractivity contribution in [2.75, 3.05) is 13.2 Å². The highest BCUT2D eigenvalue weighted by Crippen LogP contribution is 2.14. The molecule has 5 heteroatoms. The zero-order valence-corrected chi connectivity index (χ0v) is 36.4. The first kappa shape index (κ1) is 52.9. The van der Waals surface area contributed by atoms with E-state index >= 15 is 0 Å². The van der Waals surface area contributed by atoms with Crippen LogP contribution < -0.4 is 0 Å². The van der Waals surface area contributed by atoms with Crippen LogP contribution in [0.1, 0.15) is 239 Å². The highest BCUT2D eigenvalue weighted by atomic mass is 16.6. The second-order valence-electron chi connectivity index (χ2n) is 15.8. The van der Waals surface area contributed by atoms with Crippen molar-refractivity contribution < 1.29 is 24.2 Å². The van der Waals surface area contributed by atoms with E-state index in [1.807, 2.05) is 0 Å². The van der Waals surface area contributed by atoms with Gasteiger partial charge in [-0.15, -0.1) is 0 Å². The molecule has 0 amide bonds. The van der Waals surface area contributed by atoms with E-state index in [2.05, 4.69) is 62.5 Å². The van der Waals surface area contributed by atoms with E-state index in [4.69, 9.17) is 9.47 Å². The van der Waals surface area contributed by atoms with E-state index in [0.29, 0.717) is 12.8 Å². The van der Waals surface area contributed by atoms with Gasteiger partial charge in [0, 0.05) is 12.8 Å². The summed E-state index contributed by atoms with van der Waals surface area (Å²) in [5.41, 5.74) is 0. The van der Waals surface area contributed by atoms with Crippen LogP contribution in [0.5, 0.6) is 0 Å². The van der Waals surface area contributed by atoms with E-state index in [1.54, 1.807) is 0 Å². The third-order valence-electron chi connectivity index (χ3n) is 10.3. The zero-order chi connectivity index (χ0) is 40.0. The Labute approximate surface area is 341 Å². The summed E-state index contributed by atoms with van der Waals surface area (Å²) in [5.74, 6) is -0.600. The Hall–Kier alpha value is -2.14. The lowest BCUT2D eigenvalue weighted by Gasteiger charge is -2.15. The van der Waals surface area contributed by atoms with Gasteiger partial charge in [-0.1, -0.05) is 197 Å². The number of carbonyl (C=O) groups excluding carboxylic acids is 2. The van der Waals surface area contributed by atoms with Gasteiger partial charge >= 0.3 is 11.9 Å². The molecule has 0 fully saturated rings. The summed E-state index contributed by atoms with van der Waals surface area (Å²) in [7, 11) is 0. The third-order valence-corrected chi connectivity index (χ3v) is 10.3. The summed E-state index contributed by atoms with van der Waals surface area (Å²) in [6.07, 6.45) is 59.0. The van der Waals surface area contributed by atoms with Crippen LogP contribution in [0, 0.1) is 0 Å². The zero-order valence-electron chi connectivity index (χ0n) is 36.4. The lowest BCUT2D eigenvalue weighted by Crippen LogP contribution is -2.28. The van der Waals surface area contributed by atoms with Gasteiger partial charge in [-0.05, 0) is 77.0 Å². The Balaban J connectivity index is 3.53. The van der Waals surface area contributed by atoms with E-state index in [0.717, 1.165) is 57.8 Å². The maximum atomic E-state index is 12.2. The van der Waals surface area contributed by atoms with E-state index in [-0.39, 0.29) is 25.2 Å². The highest BCUT2D eigenvalue weighted by molar-refractivity contribution is 5.70.